The van der Waals surface area contributed by atoms with E-state index in [4.69, 9.17) is 0 Å². The molecule has 0 fully saturated rings. The normalized spacial score (nSPS) is 11.9. The first-order chi connectivity index (χ1) is 12.6. The Kier molecular flexibility index (Phi) is 6.59. The molecule has 0 atom stereocenters. The van der Waals surface area contributed by atoms with Crippen LogP contribution in [-0.4, -0.2) is 25.4 Å². The molecule has 7 heteroatoms. The molecule has 0 bridgehead atoms. The summed E-state index contributed by atoms with van der Waals surface area (Å²) in [4.78, 5) is 16.8. The van der Waals surface area contributed by atoms with Gasteiger partial charge < -0.3 is 5.32 Å². The summed E-state index contributed by atoms with van der Waals surface area (Å²) >= 11 is 0. The fourth-order valence-corrected chi connectivity index (χ4v) is 4.28. The third-order valence-electron chi connectivity index (χ3n) is 4.28. The van der Waals surface area contributed by atoms with Crippen LogP contribution in [0.5, 0.6) is 0 Å². The largest absolute Gasteiger partial charge is 0.349 e. The number of rotatable bonds is 7. The van der Waals surface area contributed by atoms with Gasteiger partial charge in [0.1, 0.15) is 4.90 Å². The molecule has 0 saturated heterocycles. The van der Waals surface area contributed by atoms with Gasteiger partial charge in [-0.3, -0.25) is 14.5 Å². The summed E-state index contributed by atoms with van der Waals surface area (Å²) in [5.41, 5.74) is 1.31. The van der Waals surface area contributed by atoms with Crippen LogP contribution in [0, 0.1) is 18.8 Å². The quantitative estimate of drug-likeness (QED) is 0.757. The van der Waals surface area contributed by atoms with Crippen molar-refractivity contribution in [3.63, 3.8) is 0 Å². The average Bonchev–Trinajstić information content (AvgIpc) is 2.58. The molecule has 146 valence electrons. The molecular formula is C20H27N3O3S. The molecule has 0 aliphatic rings. The zero-order chi connectivity index (χ0) is 20.2. The molecule has 0 unspecified atom stereocenters. The minimum Gasteiger partial charge on any atom is -0.349 e. The van der Waals surface area contributed by atoms with Crippen molar-refractivity contribution >= 4 is 21.6 Å². The molecule has 0 spiro atoms. The number of sulfonamides is 1. The second-order valence-corrected chi connectivity index (χ2v) is 8.99. The number of benzene rings is 1. The highest BCUT2D eigenvalue weighted by Gasteiger charge is 2.26. The summed E-state index contributed by atoms with van der Waals surface area (Å²) in [6.45, 7) is 9.93. The van der Waals surface area contributed by atoms with Crippen molar-refractivity contribution in [2.24, 2.45) is 11.8 Å². The van der Waals surface area contributed by atoms with Crippen LogP contribution in [0.25, 0.3) is 0 Å². The van der Waals surface area contributed by atoms with Gasteiger partial charge in [-0.2, -0.15) is 0 Å². The van der Waals surface area contributed by atoms with Crippen LogP contribution in [-0.2, 0) is 10.0 Å². The lowest BCUT2D eigenvalue weighted by Crippen LogP contribution is -2.42. The lowest BCUT2D eigenvalue weighted by molar-refractivity contribution is 0.0907. The van der Waals surface area contributed by atoms with Gasteiger partial charge in [0.05, 0.1) is 17.4 Å². The monoisotopic (exact) mass is 389 g/mol. The van der Waals surface area contributed by atoms with Gasteiger partial charge in [0.15, 0.2) is 0 Å². The fourth-order valence-electron chi connectivity index (χ4n) is 3.04. The van der Waals surface area contributed by atoms with E-state index < -0.39 is 15.9 Å². The second kappa shape index (κ2) is 8.52. The van der Waals surface area contributed by atoms with Crippen LogP contribution in [0.2, 0.25) is 0 Å². The predicted octanol–water partition coefficient (Wildman–Crippen LogP) is 3.60. The number of hydrogen-bond donors (Lipinski definition) is 2. The fraction of sp³-hybridized carbons (Fsp3) is 0.400. The van der Waals surface area contributed by atoms with Crippen LogP contribution in [0.3, 0.4) is 0 Å². The molecule has 1 amide bonds. The summed E-state index contributed by atoms with van der Waals surface area (Å²) in [6, 6.07) is 7.84. The first-order valence-corrected chi connectivity index (χ1v) is 10.4. The van der Waals surface area contributed by atoms with Gasteiger partial charge in [0.2, 0.25) is 0 Å². The molecule has 2 aromatic rings. The van der Waals surface area contributed by atoms with Gasteiger partial charge in [-0.25, -0.2) is 8.42 Å². The number of carbonyl (C=O) groups excluding carboxylic acids is 1. The zero-order valence-corrected chi connectivity index (χ0v) is 17.2. The van der Waals surface area contributed by atoms with E-state index >= 15 is 0 Å². The highest BCUT2D eigenvalue weighted by molar-refractivity contribution is 7.92. The van der Waals surface area contributed by atoms with Gasteiger partial charge >= 0.3 is 0 Å². The van der Waals surface area contributed by atoms with Crippen molar-refractivity contribution in [1.29, 1.82) is 0 Å². The number of amides is 1. The summed E-state index contributed by atoms with van der Waals surface area (Å²) < 4.78 is 28.2. The number of pyridine rings is 1. The van der Waals surface area contributed by atoms with E-state index in [1.54, 1.807) is 24.4 Å². The van der Waals surface area contributed by atoms with Crippen molar-refractivity contribution in [2.75, 3.05) is 4.72 Å². The van der Waals surface area contributed by atoms with E-state index in [9.17, 15) is 13.2 Å². The average molecular weight is 390 g/mol. The molecule has 6 nitrogen and oxygen atoms in total. The second-order valence-electron chi connectivity index (χ2n) is 7.34. The molecule has 0 radical (unpaired) electrons. The van der Waals surface area contributed by atoms with Gasteiger partial charge in [-0.05, 0) is 42.5 Å². The number of nitrogens with one attached hydrogen (secondary N) is 2. The Morgan fingerprint density at radius 2 is 1.67 bits per heavy atom. The molecular weight excluding hydrogens is 362 g/mol. The van der Waals surface area contributed by atoms with Crippen LogP contribution < -0.4 is 10.0 Å². The first kappa shape index (κ1) is 20.9. The predicted molar refractivity (Wildman–Crippen MR) is 107 cm³/mol. The molecule has 1 heterocycles. The van der Waals surface area contributed by atoms with Crippen LogP contribution in [0.15, 0.2) is 47.6 Å². The van der Waals surface area contributed by atoms with Crippen molar-refractivity contribution in [3.05, 3.63) is 53.9 Å². The SMILES string of the molecule is Cc1cncc(NS(=O)(=O)c2ccccc2C(=O)NC(C(C)C)C(C)C)c1. The van der Waals surface area contributed by atoms with Crippen molar-refractivity contribution in [3.8, 4) is 0 Å². The van der Waals surface area contributed by atoms with Crippen molar-refractivity contribution in [1.82, 2.24) is 10.3 Å². The van der Waals surface area contributed by atoms with Gasteiger partial charge in [0.25, 0.3) is 15.9 Å². The highest BCUT2D eigenvalue weighted by atomic mass is 32.2. The van der Waals surface area contributed by atoms with Crippen molar-refractivity contribution in [2.45, 2.75) is 45.6 Å². The molecule has 2 rings (SSSR count). The number of aryl methyl sites for hydroxylation is 1. The number of aromatic nitrogens is 1. The van der Waals surface area contributed by atoms with Crippen LogP contribution in [0.4, 0.5) is 5.69 Å². The number of nitrogens with zero attached hydrogens (tertiary/aromatic N) is 1. The third kappa shape index (κ3) is 5.29. The molecule has 0 aliphatic heterocycles. The maximum absolute atomic E-state index is 12.9. The summed E-state index contributed by atoms with van der Waals surface area (Å²) in [6.07, 6.45) is 3.07. The summed E-state index contributed by atoms with van der Waals surface area (Å²) in [7, 11) is -3.93. The first-order valence-electron chi connectivity index (χ1n) is 8.96. The maximum Gasteiger partial charge on any atom is 0.262 e. The number of hydrogen-bond acceptors (Lipinski definition) is 4. The number of carbonyl (C=O) groups is 1. The Balaban J connectivity index is 2.35. The summed E-state index contributed by atoms with van der Waals surface area (Å²) in [5, 5.41) is 2.97. The lowest BCUT2D eigenvalue weighted by Gasteiger charge is -2.26. The topological polar surface area (TPSA) is 88.2 Å². The molecule has 0 saturated carbocycles. The molecule has 2 N–H and O–H groups in total. The highest BCUT2D eigenvalue weighted by Crippen LogP contribution is 2.21. The lowest BCUT2D eigenvalue weighted by atomic mass is 9.93. The van der Waals surface area contributed by atoms with E-state index in [0.717, 1.165) is 5.56 Å². The summed E-state index contributed by atoms with van der Waals surface area (Å²) in [5.74, 6) is 0.0640. The van der Waals surface area contributed by atoms with Gasteiger partial charge in [-0.1, -0.05) is 39.8 Å². The van der Waals surface area contributed by atoms with E-state index in [2.05, 4.69) is 15.0 Å². The molecule has 27 heavy (non-hydrogen) atoms. The Bertz CT molecular complexity index is 900. The van der Waals surface area contributed by atoms with Crippen LogP contribution in [0.1, 0.15) is 43.6 Å². The standard InChI is InChI=1S/C20H27N3O3S/c1-13(2)19(14(3)4)22-20(24)17-8-6-7-9-18(17)27(25,26)23-16-10-15(5)11-21-12-16/h6-14,19,23H,1-5H3,(H,22,24). The van der Waals surface area contributed by atoms with Crippen molar-refractivity contribution < 1.29 is 13.2 Å². The Morgan fingerprint density at radius 3 is 2.26 bits per heavy atom. The third-order valence-corrected chi connectivity index (χ3v) is 5.72. The Morgan fingerprint density at radius 1 is 1.04 bits per heavy atom. The van der Waals surface area contributed by atoms with E-state index in [0.29, 0.717) is 5.69 Å². The maximum atomic E-state index is 12.9. The molecule has 1 aromatic carbocycles. The number of anilines is 1. The van der Waals surface area contributed by atoms with Gasteiger partial charge in [-0.15, -0.1) is 0 Å². The Labute approximate surface area is 161 Å². The van der Waals surface area contributed by atoms with E-state index in [1.165, 1.54) is 18.3 Å². The smallest absolute Gasteiger partial charge is 0.262 e. The molecule has 1 aromatic heterocycles. The Hall–Kier alpha value is -2.41. The van der Waals surface area contributed by atoms with E-state index in [-0.39, 0.29) is 28.3 Å². The minimum absolute atomic E-state index is 0.0535. The minimum atomic E-state index is -3.93. The van der Waals surface area contributed by atoms with Crippen LogP contribution >= 0.6 is 0 Å². The van der Waals surface area contributed by atoms with Gasteiger partial charge in [0, 0.05) is 12.2 Å². The molecule has 0 aliphatic carbocycles. The zero-order valence-electron chi connectivity index (χ0n) is 16.4. The van der Waals surface area contributed by atoms with E-state index in [1.807, 2.05) is 34.6 Å².